The summed E-state index contributed by atoms with van der Waals surface area (Å²) < 4.78 is 28.4. The van der Waals surface area contributed by atoms with Crippen molar-refractivity contribution in [2.24, 2.45) is 5.92 Å². The van der Waals surface area contributed by atoms with Crippen molar-refractivity contribution in [3.05, 3.63) is 0 Å². The molecule has 4 heteroatoms. The zero-order valence-corrected chi connectivity index (χ0v) is 6.30. The molecule has 2 unspecified atom stereocenters. The summed E-state index contributed by atoms with van der Waals surface area (Å²) in [5.74, 6) is 1.18. The number of terminal acetylenes is 1. The normalized spacial score (nSPS) is 28.7. The van der Waals surface area contributed by atoms with Gasteiger partial charge in [0.05, 0.1) is 6.42 Å². The van der Waals surface area contributed by atoms with E-state index in [0.29, 0.717) is 0 Å². The topological polar surface area (TPSA) is 26.3 Å². The van der Waals surface area contributed by atoms with Crippen LogP contribution in [0, 0.1) is 18.3 Å². The van der Waals surface area contributed by atoms with Crippen LogP contribution in [0.4, 0.5) is 8.78 Å². The third-order valence-electron chi connectivity index (χ3n) is 1.76. The number of ether oxygens (including phenoxy) is 1. The molecule has 2 atom stereocenters. The van der Waals surface area contributed by atoms with Crippen molar-refractivity contribution in [1.82, 2.24) is 0 Å². The molecule has 0 aromatic carbocycles. The van der Waals surface area contributed by atoms with Gasteiger partial charge in [-0.1, -0.05) is 5.92 Å². The highest BCUT2D eigenvalue weighted by Gasteiger charge is 2.35. The molecule has 2 nitrogen and oxygen atoms in total. The lowest BCUT2D eigenvalue weighted by Crippen LogP contribution is -2.16. The van der Waals surface area contributed by atoms with Crippen LogP contribution in [-0.4, -0.2) is 18.5 Å². The predicted octanol–water partition coefficient (Wildman–Crippen LogP) is 1.21. The number of carbonyl (C=O) groups is 1. The van der Waals surface area contributed by atoms with Gasteiger partial charge in [-0.15, -0.1) is 6.42 Å². The molecule has 66 valence electrons. The van der Waals surface area contributed by atoms with Gasteiger partial charge in [0.2, 0.25) is 6.43 Å². The summed E-state index contributed by atoms with van der Waals surface area (Å²) in [4.78, 5) is 10.6. The number of hydrogen-bond donors (Lipinski definition) is 0. The summed E-state index contributed by atoms with van der Waals surface area (Å²) in [6.07, 6.45) is 1.45. The van der Waals surface area contributed by atoms with E-state index >= 15 is 0 Å². The number of alkyl halides is 2. The Morgan fingerprint density at radius 3 is 2.92 bits per heavy atom. The van der Waals surface area contributed by atoms with Crippen LogP contribution in [0.5, 0.6) is 0 Å². The molecular weight excluding hydrogens is 166 g/mol. The second-order valence-corrected chi connectivity index (χ2v) is 2.67. The van der Waals surface area contributed by atoms with E-state index < -0.39 is 24.4 Å². The maximum Gasteiger partial charge on any atom is 0.307 e. The fourth-order valence-corrected chi connectivity index (χ4v) is 1.21. The van der Waals surface area contributed by atoms with Crippen molar-refractivity contribution in [3.63, 3.8) is 0 Å². The van der Waals surface area contributed by atoms with Gasteiger partial charge < -0.3 is 4.74 Å². The van der Waals surface area contributed by atoms with Crippen LogP contribution in [0.2, 0.25) is 0 Å². The van der Waals surface area contributed by atoms with Gasteiger partial charge in [0.15, 0.2) is 6.10 Å². The third-order valence-corrected chi connectivity index (χ3v) is 1.76. The first-order chi connectivity index (χ1) is 5.63. The van der Waals surface area contributed by atoms with Crippen LogP contribution in [0.15, 0.2) is 0 Å². The zero-order valence-electron chi connectivity index (χ0n) is 6.30. The molecule has 1 saturated heterocycles. The Hall–Kier alpha value is -1.11. The van der Waals surface area contributed by atoms with Gasteiger partial charge in [0, 0.05) is 12.3 Å². The molecule has 0 aromatic rings. The largest absolute Gasteiger partial charge is 0.449 e. The molecule has 0 aromatic heterocycles. The van der Waals surface area contributed by atoms with E-state index in [1.165, 1.54) is 0 Å². The highest BCUT2D eigenvalue weighted by molar-refractivity contribution is 5.72. The molecule has 0 amide bonds. The SMILES string of the molecule is C#CC1OC(=O)CC1CC(F)F. The van der Waals surface area contributed by atoms with Crippen molar-refractivity contribution < 1.29 is 18.3 Å². The van der Waals surface area contributed by atoms with Gasteiger partial charge in [-0.05, 0) is 0 Å². The van der Waals surface area contributed by atoms with Crippen molar-refractivity contribution in [3.8, 4) is 12.3 Å². The fraction of sp³-hybridized carbons (Fsp3) is 0.625. The Kier molecular flexibility index (Phi) is 2.64. The Morgan fingerprint density at radius 2 is 2.42 bits per heavy atom. The molecule has 1 aliphatic heterocycles. The van der Waals surface area contributed by atoms with Crippen LogP contribution >= 0.6 is 0 Å². The van der Waals surface area contributed by atoms with Crippen LogP contribution < -0.4 is 0 Å². The van der Waals surface area contributed by atoms with E-state index in [-0.39, 0.29) is 12.8 Å². The number of rotatable bonds is 2. The van der Waals surface area contributed by atoms with Crippen molar-refractivity contribution >= 4 is 5.97 Å². The molecule has 0 saturated carbocycles. The average molecular weight is 174 g/mol. The van der Waals surface area contributed by atoms with Crippen molar-refractivity contribution in [2.75, 3.05) is 0 Å². The van der Waals surface area contributed by atoms with Crippen molar-refractivity contribution in [1.29, 1.82) is 0 Å². The summed E-state index contributed by atoms with van der Waals surface area (Å²) in [5, 5.41) is 0. The van der Waals surface area contributed by atoms with E-state index in [4.69, 9.17) is 6.42 Å². The first-order valence-electron chi connectivity index (χ1n) is 3.57. The Balaban J connectivity index is 2.53. The predicted molar refractivity (Wildman–Crippen MR) is 37.4 cm³/mol. The summed E-state index contributed by atoms with van der Waals surface area (Å²) in [7, 11) is 0. The Morgan fingerprint density at radius 1 is 1.75 bits per heavy atom. The lowest BCUT2D eigenvalue weighted by Gasteiger charge is -2.10. The number of halogens is 2. The van der Waals surface area contributed by atoms with Gasteiger partial charge in [0.25, 0.3) is 0 Å². The number of hydrogen-bond acceptors (Lipinski definition) is 2. The molecule has 0 bridgehead atoms. The molecule has 1 fully saturated rings. The summed E-state index contributed by atoms with van der Waals surface area (Å²) in [6, 6.07) is 0. The van der Waals surface area contributed by atoms with E-state index in [0.717, 1.165) is 0 Å². The Bertz CT molecular complexity index is 220. The molecule has 1 rings (SSSR count). The second-order valence-electron chi connectivity index (χ2n) is 2.67. The lowest BCUT2D eigenvalue weighted by atomic mass is 9.98. The van der Waals surface area contributed by atoms with E-state index in [1.807, 2.05) is 0 Å². The average Bonchev–Trinajstić information content (AvgIpc) is 2.29. The van der Waals surface area contributed by atoms with Crippen LogP contribution in [0.3, 0.4) is 0 Å². The van der Waals surface area contributed by atoms with Gasteiger partial charge >= 0.3 is 5.97 Å². The van der Waals surface area contributed by atoms with Gasteiger partial charge in [-0.3, -0.25) is 4.79 Å². The Labute approximate surface area is 68.9 Å². The number of esters is 1. The number of cyclic esters (lactones) is 1. The first-order valence-corrected chi connectivity index (χ1v) is 3.57. The molecule has 0 spiro atoms. The highest BCUT2D eigenvalue weighted by atomic mass is 19.3. The lowest BCUT2D eigenvalue weighted by molar-refractivity contribution is -0.139. The number of carbonyl (C=O) groups excluding carboxylic acids is 1. The molecule has 0 radical (unpaired) electrons. The van der Waals surface area contributed by atoms with Crippen LogP contribution in [0.1, 0.15) is 12.8 Å². The van der Waals surface area contributed by atoms with Gasteiger partial charge in [0.1, 0.15) is 0 Å². The van der Waals surface area contributed by atoms with E-state index in [2.05, 4.69) is 10.7 Å². The summed E-state index contributed by atoms with van der Waals surface area (Å²) in [5.41, 5.74) is 0. The molecule has 0 aliphatic carbocycles. The van der Waals surface area contributed by atoms with E-state index in [9.17, 15) is 13.6 Å². The minimum atomic E-state index is -2.43. The highest BCUT2D eigenvalue weighted by Crippen LogP contribution is 2.27. The second kappa shape index (κ2) is 3.53. The molecule has 1 heterocycles. The summed E-state index contributed by atoms with van der Waals surface area (Å²) >= 11 is 0. The van der Waals surface area contributed by atoms with Crippen LogP contribution in [0.25, 0.3) is 0 Å². The fourth-order valence-electron chi connectivity index (χ4n) is 1.21. The molecule has 12 heavy (non-hydrogen) atoms. The van der Waals surface area contributed by atoms with Crippen molar-refractivity contribution in [2.45, 2.75) is 25.4 Å². The minimum absolute atomic E-state index is 0.0131. The standard InChI is InChI=1S/C8H8F2O2/c1-2-6-5(3-7(9)10)4-8(11)12-6/h1,5-7H,3-4H2. The van der Waals surface area contributed by atoms with E-state index in [1.54, 1.807) is 0 Å². The minimum Gasteiger partial charge on any atom is -0.449 e. The third kappa shape index (κ3) is 1.94. The van der Waals surface area contributed by atoms with Gasteiger partial charge in [-0.2, -0.15) is 0 Å². The van der Waals surface area contributed by atoms with Crippen LogP contribution in [-0.2, 0) is 9.53 Å². The molecule has 0 N–H and O–H groups in total. The molecule has 1 aliphatic rings. The zero-order chi connectivity index (χ0) is 9.14. The maximum atomic E-state index is 11.9. The summed E-state index contributed by atoms with van der Waals surface area (Å²) in [6.45, 7) is 0. The van der Waals surface area contributed by atoms with Gasteiger partial charge in [-0.25, -0.2) is 8.78 Å². The monoisotopic (exact) mass is 174 g/mol. The smallest absolute Gasteiger partial charge is 0.307 e. The molecular formula is C8H8F2O2. The first kappa shape index (κ1) is 8.98. The quantitative estimate of drug-likeness (QED) is 0.464. The maximum absolute atomic E-state index is 11.9.